The zero-order valence-corrected chi connectivity index (χ0v) is 8.24. The van der Waals surface area contributed by atoms with Gasteiger partial charge in [-0.3, -0.25) is 0 Å². The van der Waals surface area contributed by atoms with Gasteiger partial charge in [-0.25, -0.2) is 0 Å². The molecule has 0 unspecified atom stereocenters. The van der Waals surface area contributed by atoms with E-state index in [1.165, 1.54) is 24.8 Å². The summed E-state index contributed by atoms with van der Waals surface area (Å²) in [7, 11) is 0. The zero-order chi connectivity index (χ0) is 8.91. The van der Waals surface area contributed by atoms with Crippen molar-refractivity contribution in [2.45, 2.75) is 46.5 Å². The number of rotatable bonds is 5. The molecule has 0 spiro atoms. The van der Waals surface area contributed by atoms with E-state index in [0.717, 1.165) is 6.42 Å². The van der Waals surface area contributed by atoms with Gasteiger partial charge in [0, 0.05) is 0 Å². The summed E-state index contributed by atoms with van der Waals surface area (Å²) in [4.78, 5) is 0. The van der Waals surface area contributed by atoms with Gasteiger partial charge in [0.05, 0.1) is 0 Å². The SMILES string of the molecule is [CH2]CC(=C)C(C)(C)CCCC. The summed E-state index contributed by atoms with van der Waals surface area (Å²) in [6.07, 6.45) is 4.69. The molecule has 0 aromatic carbocycles. The van der Waals surface area contributed by atoms with E-state index in [-0.39, 0.29) is 0 Å². The van der Waals surface area contributed by atoms with E-state index >= 15 is 0 Å². The lowest BCUT2D eigenvalue weighted by molar-refractivity contribution is 0.387. The molecule has 0 aromatic heterocycles. The molecule has 0 bridgehead atoms. The van der Waals surface area contributed by atoms with Crippen molar-refractivity contribution in [2.75, 3.05) is 0 Å². The van der Waals surface area contributed by atoms with Gasteiger partial charge in [0.15, 0.2) is 0 Å². The van der Waals surface area contributed by atoms with Crippen molar-refractivity contribution in [1.82, 2.24) is 0 Å². The van der Waals surface area contributed by atoms with Gasteiger partial charge >= 0.3 is 0 Å². The van der Waals surface area contributed by atoms with Crippen LogP contribution in [0, 0.1) is 12.3 Å². The number of unbranched alkanes of at least 4 members (excludes halogenated alkanes) is 1. The Balaban J connectivity index is 3.88. The van der Waals surface area contributed by atoms with Crippen LogP contribution in [0.3, 0.4) is 0 Å². The number of hydrogen-bond donors (Lipinski definition) is 0. The second-order valence-electron chi connectivity index (χ2n) is 3.84. The van der Waals surface area contributed by atoms with Crippen molar-refractivity contribution in [3.05, 3.63) is 19.1 Å². The van der Waals surface area contributed by atoms with Crippen LogP contribution in [0.15, 0.2) is 12.2 Å². The highest BCUT2D eigenvalue weighted by molar-refractivity contribution is 5.07. The molecule has 0 rings (SSSR count). The van der Waals surface area contributed by atoms with E-state index in [9.17, 15) is 0 Å². The Morgan fingerprint density at radius 1 is 1.36 bits per heavy atom. The molecule has 0 aliphatic heterocycles. The Labute approximate surface area is 71.7 Å². The zero-order valence-electron chi connectivity index (χ0n) is 8.24. The molecule has 0 atom stereocenters. The molecule has 11 heavy (non-hydrogen) atoms. The molecule has 0 nitrogen and oxygen atoms in total. The van der Waals surface area contributed by atoms with Crippen molar-refractivity contribution in [3.63, 3.8) is 0 Å². The fraction of sp³-hybridized carbons (Fsp3) is 0.727. The topological polar surface area (TPSA) is 0 Å². The molecule has 0 saturated heterocycles. The molecule has 0 aromatic rings. The van der Waals surface area contributed by atoms with Crippen LogP contribution in [0.2, 0.25) is 0 Å². The average Bonchev–Trinajstić information content (AvgIpc) is 1.99. The van der Waals surface area contributed by atoms with Gasteiger partial charge in [0.25, 0.3) is 0 Å². The molecule has 1 radical (unpaired) electrons. The number of hydrogen-bond acceptors (Lipinski definition) is 0. The minimum Gasteiger partial charge on any atom is -0.0993 e. The minimum atomic E-state index is 0.303. The second-order valence-corrected chi connectivity index (χ2v) is 3.84. The van der Waals surface area contributed by atoms with E-state index in [1.54, 1.807) is 0 Å². The second kappa shape index (κ2) is 4.58. The Hall–Kier alpha value is -0.260. The van der Waals surface area contributed by atoms with Gasteiger partial charge in [0.1, 0.15) is 0 Å². The van der Waals surface area contributed by atoms with Gasteiger partial charge in [0.2, 0.25) is 0 Å². The largest absolute Gasteiger partial charge is 0.0993 e. The van der Waals surface area contributed by atoms with Gasteiger partial charge in [-0.05, 0) is 25.2 Å². The van der Waals surface area contributed by atoms with Gasteiger partial charge in [-0.2, -0.15) is 0 Å². The molecule has 65 valence electrons. The minimum absolute atomic E-state index is 0.303. The lowest BCUT2D eigenvalue weighted by Crippen LogP contribution is -2.13. The molecule has 0 aliphatic rings. The summed E-state index contributed by atoms with van der Waals surface area (Å²) in [6.45, 7) is 14.6. The predicted octanol–water partition coefficient (Wildman–Crippen LogP) is 3.98. The highest BCUT2D eigenvalue weighted by Crippen LogP contribution is 2.32. The molecule has 0 fully saturated rings. The predicted molar refractivity (Wildman–Crippen MR) is 52.4 cm³/mol. The standard InChI is InChI=1S/C11H21/c1-6-8-9-11(4,5)10(3)7-2/h2-3,6-9H2,1,4-5H3. The Kier molecular flexibility index (Phi) is 4.48. The van der Waals surface area contributed by atoms with Gasteiger partial charge < -0.3 is 0 Å². The Morgan fingerprint density at radius 2 is 1.91 bits per heavy atom. The molecule has 0 amide bonds. The van der Waals surface area contributed by atoms with E-state index in [0.29, 0.717) is 5.41 Å². The summed E-state index contributed by atoms with van der Waals surface area (Å²) in [5.74, 6) is 0. The van der Waals surface area contributed by atoms with Crippen molar-refractivity contribution in [3.8, 4) is 0 Å². The van der Waals surface area contributed by atoms with Crippen LogP contribution in [-0.4, -0.2) is 0 Å². The first-order chi connectivity index (χ1) is 5.04. The fourth-order valence-electron chi connectivity index (χ4n) is 1.13. The van der Waals surface area contributed by atoms with Crippen molar-refractivity contribution in [1.29, 1.82) is 0 Å². The average molecular weight is 153 g/mol. The maximum Gasteiger partial charge on any atom is -0.0147 e. The maximum absolute atomic E-state index is 4.04. The van der Waals surface area contributed by atoms with Crippen molar-refractivity contribution in [2.24, 2.45) is 5.41 Å². The van der Waals surface area contributed by atoms with Gasteiger partial charge in [-0.1, -0.05) is 45.8 Å². The van der Waals surface area contributed by atoms with Crippen LogP contribution < -0.4 is 0 Å². The summed E-state index contributed by atoms with van der Waals surface area (Å²) in [5.41, 5.74) is 1.59. The van der Waals surface area contributed by atoms with Crippen LogP contribution in [0.25, 0.3) is 0 Å². The first-order valence-corrected chi connectivity index (χ1v) is 4.52. The van der Waals surface area contributed by atoms with Gasteiger partial charge in [-0.15, -0.1) is 0 Å². The van der Waals surface area contributed by atoms with Crippen LogP contribution in [0.5, 0.6) is 0 Å². The summed E-state index contributed by atoms with van der Waals surface area (Å²) >= 11 is 0. The first kappa shape index (κ1) is 10.7. The van der Waals surface area contributed by atoms with E-state index < -0.39 is 0 Å². The fourth-order valence-corrected chi connectivity index (χ4v) is 1.13. The third kappa shape index (κ3) is 3.60. The van der Waals surface area contributed by atoms with Crippen LogP contribution >= 0.6 is 0 Å². The normalized spacial score (nSPS) is 11.6. The van der Waals surface area contributed by atoms with Crippen LogP contribution in [0.4, 0.5) is 0 Å². The Bertz CT molecular complexity index is 120. The number of allylic oxidation sites excluding steroid dienone is 1. The summed E-state index contributed by atoms with van der Waals surface area (Å²) in [6, 6.07) is 0. The highest BCUT2D eigenvalue weighted by Gasteiger charge is 2.18. The Morgan fingerprint density at radius 3 is 2.27 bits per heavy atom. The lowest BCUT2D eigenvalue weighted by Gasteiger charge is -2.26. The van der Waals surface area contributed by atoms with Crippen LogP contribution in [-0.2, 0) is 0 Å². The maximum atomic E-state index is 4.04. The highest BCUT2D eigenvalue weighted by atomic mass is 14.2. The molecule has 0 N–H and O–H groups in total. The van der Waals surface area contributed by atoms with Crippen LogP contribution in [0.1, 0.15) is 46.5 Å². The summed E-state index contributed by atoms with van der Waals surface area (Å²) in [5, 5.41) is 0. The molecular weight excluding hydrogens is 132 g/mol. The van der Waals surface area contributed by atoms with E-state index in [1.807, 2.05) is 0 Å². The lowest BCUT2D eigenvalue weighted by atomic mass is 9.79. The molecular formula is C11H21. The first-order valence-electron chi connectivity index (χ1n) is 4.52. The van der Waals surface area contributed by atoms with Crippen molar-refractivity contribution >= 4 is 0 Å². The molecule has 0 aliphatic carbocycles. The molecule has 0 heteroatoms. The third-order valence-corrected chi connectivity index (χ3v) is 2.41. The van der Waals surface area contributed by atoms with E-state index in [4.69, 9.17) is 0 Å². The molecule has 0 saturated carbocycles. The summed E-state index contributed by atoms with van der Waals surface area (Å²) < 4.78 is 0. The monoisotopic (exact) mass is 153 g/mol. The van der Waals surface area contributed by atoms with E-state index in [2.05, 4.69) is 34.3 Å². The van der Waals surface area contributed by atoms with Crippen molar-refractivity contribution < 1.29 is 0 Å². The molecule has 0 heterocycles. The third-order valence-electron chi connectivity index (χ3n) is 2.41. The quantitative estimate of drug-likeness (QED) is 0.524. The smallest absolute Gasteiger partial charge is 0.0147 e.